The molecule has 1 saturated heterocycles. The number of hydrazine groups is 1. The van der Waals surface area contributed by atoms with Crippen LogP contribution in [0.5, 0.6) is 0 Å². The van der Waals surface area contributed by atoms with Crippen LogP contribution in [-0.4, -0.2) is 12.7 Å². The Bertz CT molecular complexity index is 478. The first kappa shape index (κ1) is 15.2. The van der Waals surface area contributed by atoms with Crippen molar-refractivity contribution < 1.29 is 22.3 Å². The van der Waals surface area contributed by atoms with Crippen molar-refractivity contribution in [1.82, 2.24) is 5.43 Å². The molecule has 0 spiro atoms. The van der Waals surface area contributed by atoms with E-state index in [-0.39, 0.29) is 12.0 Å². The van der Waals surface area contributed by atoms with Crippen molar-refractivity contribution in [2.75, 3.05) is 6.61 Å². The van der Waals surface area contributed by atoms with E-state index in [0.717, 1.165) is 12.1 Å². The minimum Gasteiger partial charge on any atom is -0.378 e. The molecular weight excluding hydrogens is 276 g/mol. The molecule has 2 rings (SSSR count). The van der Waals surface area contributed by atoms with Gasteiger partial charge in [0.1, 0.15) is 5.82 Å². The van der Waals surface area contributed by atoms with Crippen LogP contribution in [0.1, 0.15) is 30.5 Å². The first-order valence-electron chi connectivity index (χ1n) is 6.29. The van der Waals surface area contributed by atoms with Crippen molar-refractivity contribution in [3.05, 3.63) is 35.1 Å². The molecule has 1 aromatic carbocycles. The van der Waals surface area contributed by atoms with Gasteiger partial charge in [0.2, 0.25) is 0 Å². The molecule has 1 heterocycles. The Morgan fingerprint density at radius 3 is 2.60 bits per heavy atom. The minimum absolute atomic E-state index is 0.0495. The third kappa shape index (κ3) is 2.94. The van der Waals surface area contributed by atoms with Crippen LogP contribution < -0.4 is 11.3 Å². The number of rotatable bonds is 3. The lowest BCUT2D eigenvalue weighted by molar-refractivity contribution is -0.140. The summed E-state index contributed by atoms with van der Waals surface area (Å²) < 4.78 is 56.9. The highest BCUT2D eigenvalue weighted by atomic mass is 19.4. The summed E-state index contributed by atoms with van der Waals surface area (Å²) in [5.74, 6) is 4.13. The van der Waals surface area contributed by atoms with Gasteiger partial charge in [0.15, 0.2) is 0 Å². The van der Waals surface area contributed by atoms with E-state index in [0.29, 0.717) is 18.6 Å². The van der Waals surface area contributed by atoms with Gasteiger partial charge in [0, 0.05) is 12.5 Å². The molecule has 3 atom stereocenters. The second-order valence-electron chi connectivity index (χ2n) is 4.91. The van der Waals surface area contributed by atoms with Crippen molar-refractivity contribution in [2.45, 2.75) is 31.7 Å². The Morgan fingerprint density at radius 2 is 2.10 bits per heavy atom. The summed E-state index contributed by atoms with van der Waals surface area (Å²) in [6, 6.07) is 2.45. The summed E-state index contributed by atoms with van der Waals surface area (Å²) in [7, 11) is 0. The van der Waals surface area contributed by atoms with E-state index in [1.54, 1.807) is 0 Å². The van der Waals surface area contributed by atoms with E-state index in [9.17, 15) is 17.6 Å². The Morgan fingerprint density at radius 1 is 1.40 bits per heavy atom. The highest BCUT2D eigenvalue weighted by molar-refractivity contribution is 5.30. The highest BCUT2D eigenvalue weighted by Gasteiger charge is 2.37. The summed E-state index contributed by atoms with van der Waals surface area (Å²) in [5.41, 5.74) is 1.55. The molecule has 1 aromatic rings. The van der Waals surface area contributed by atoms with Gasteiger partial charge < -0.3 is 4.74 Å². The van der Waals surface area contributed by atoms with Gasteiger partial charge in [-0.1, -0.05) is 6.07 Å². The lowest BCUT2D eigenvalue weighted by Crippen LogP contribution is -2.36. The molecule has 1 fully saturated rings. The zero-order chi connectivity index (χ0) is 14.9. The normalized spacial score (nSPS) is 24.9. The van der Waals surface area contributed by atoms with E-state index < -0.39 is 23.6 Å². The van der Waals surface area contributed by atoms with Gasteiger partial charge >= 0.3 is 6.18 Å². The molecule has 1 aliphatic rings. The topological polar surface area (TPSA) is 47.3 Å². The molecule has 7 heteroatoms. The number of alkyl halides is 3. The molecule has 3 nitrogen and oxygen atoms in total. The molecule has 20 heavy (non-hydrogen) atoms. The van der Waals surface area contributed by atoms with E-state index in [2.05, 4.69) is 5.43 Å². The molecule has 0 radical (unpaired) electrons. The number of hydrogen-bond donors (Lipinski definition) is 2. The lowest BCUT2D eigenvalue weighted by atomic mass is 9.88. The number of nitrogens with two attached hydrogens (primary N) is 1. The average molecular weight is 292 g/mol. The fourth-order valence-electron chi connectivity index (χ4n) is 2.61. The Labute approximate surface area is 114 Å². The van der Waals surface area contributed by atoms with Crippen LogP contribution in [0.2, 0.25) is 0 Å². The molecule has 3 N–H and O–H groups in total. The Balaban J connectivity index is 2.35. The molecule has 112 valence electrons. The minimum atomic E-state index is -4.73. The molecule has 0 aliphatic carbocycles. The van der Waals surface area contributed by atoms with Crippen LogP contribution in [0.3, 0.4) is 0 Å². The first-order chi connectivity index (χ1) is 9.34. The second-order valence-corrected chi connectivity index (χ2v) is 4.91. The molecule has 0 aromatic heterocycles. The maximum atomic E-state index is 13.3. The fraction of sp³-hybridized carbons (Fsp3) is 0.538. The van der Waals surface area contributed by atoms with E-state index >= 15 is 0 Å². The van der Waals surface area contributed by atoms with Crippen LogP contribution in [0.4, 0.5) is 17.6 Å². The van der Waals surface area contributed by atoms with Crippen molar-refractivity contribution in [3.63, 3.8) is 0 Å². The number of halogens is 4. The van der Waals surface area contributed by atoms with Crippen LogP contribution in [0.15, 0.2) is 18.2 Å². The zero-order valence-electron chi connectivity index (χ0n) is 10.9. The fourth-order valence-corrected chi connectivity index (χ4v) is 2.61. The molecule has 0 saturated carbocycles. The summed E-state index contributed by atoms with van der Waals surface area (Å²) >= 11 is 0. The zero-order valence-corrected chi connectivity index (χ0v) is 10.9. The largest absolute Gasteiger partial charge is 0.419 e. The number of nitrogens with one attached hydrogen (secondary N) is 1. The lowest BCUT2D eigenvalue weighted by Gasteiger charge is -2.26. The van der Waals surface area contributed by atoms with Crippen molar-refractivity contribution >= 4 is 0 Å². The SMILES string of the molecule is CC1OCCC1C(NN)c1ccc(F)c(C(F)(F)F)c1. The molecule has 0 amide bonds. The predicted molar refractivity (Wildman–Crippen MR) is 65.0 cm³/mol. The van der Waals surface area contributed by atoms with Gasteiger partial charge in [-0.25, -0.2) is 4.39 Å². The third-order valence-corrected chi connectivity index (χ3v) is 3.70. The van der Waals surface area contributed by atoms with Crippen LogP contribution in [0.25, 0.3) is 0 Å². The van der Waals surface area contributed by atoms with Gasteiger partial charge in [-0.05, 0) is 31.0 Å². The number of hydrogen-bond acceptors (Lipinski definition) is 3. The summed E-state index contributed by atoms with van der Waals surface area (Å²) in [5, 5.41) is 0. The molecular formula is C13H16F4N2O. The number of benzene rings is 1. The first-order valence-corrected chi connectivity index (χ1v) is 6.29. The summed E-state index contributed by atoms with van der Waals surface area (Å²) in [6.45, 7) is 2.38. The van der Waals surface area contributed by atoms with E-state index in [4.69, 9.17) is 10.6 Å². The molecule has 1 aliphatic heterocycles. The maximum absolute atomic E-state index is 13.3. The van der Waals surface area contributed by atoms with Crippen LogP contribution in [-0.2, 0) is 10.9 Å². The van der Waals surface area contributed by atoms with E-state index in [1.807, 2.05) is 6.92 Å². The van der Waals surface area contributed by atoms with Crippen molar-refractivity contribution in [3.8, 4) is 0 Å². The van der Waals surface area contributed by atoms with Gasteiger partial charge in [-0.15, -0.1) is 0 Å². The standard InChI is InChI=1S/C13H16F4N2O/c1-7-9(4-5-20-7)12(19-18)8-2-3-11(14)10(6-8)13(15,16)17/h2-3,6-7,9,12,19H,4-5,18H2,1H3. The van der Waals surface area contributed by atoms with Crippen molar-refractivity contribution in [1.29, 1.82) is 0 Å². The summed E-state index contributed by atoms with van der Waals surface area (Å²) in [4.78, 5) is 0. The average Bonchev–Trinajstić information content (AvgIpc) is 2.77. The van der Waals surface area contributed by atoms with Gasteiger partial charge in [-0.3, -0.25) is 11.3 Å². The Kier molecular flexibility index (Phi) is 4.31. The van der Waals surface area contributed by atoms with Gasteiger partial charge in [-0.2, -0.15) is 13.2 Å². The smallest absolute Gasteiger partial charge is 0.378 e. The predicted octanol–water partition coefficient (Wildman–Crippen LogP) is 2.77. The Hall–Kier alpha value is -1.18. The monoisotopic (exact) mass is 292 g/mol. The van der Waals surface area contributed by atoms with Crippen LogP contribution >= 0.6 is 0 Å². The highest BCUT2D eigenvalue weighted by Crippen LogP contribution is 2.37. The van der Waals surface area contributed by atoms with Gasteiger partial charge in [0.25, 0.3) is 0 Å². The quantitative estimate of drug-likeness (QED) is 0.511. The second kappa shape index (κ2) is 5.67. The molecule has 0 bridgehead atoms. The van der Waals surface area contributed by atoms with Crippen molar-refractivity contribution in [2.24, 2.45) is 11.8 Å². The summed E-state index contributed by atoms with van der Waals surface area (Å²) in [6.07, 6.45) is -4.15. The van der Waals surface area contributed by atoms with E-state index in [1.165, 1.54) is 6.07 Å². The molecule has 3 unspecified atom stereocenters. The maximum Gasteiger partial charge on any atom is 0.419 e. The number of ether oxygens (including phenoxy) is 1. The van der Waals surface area contributed by atoms with Gasteiger partial charge in [0.05, 0.1) is 17.7 Å². The van der Waals surface area contributed by atoms with Crippen LogP contribution in [0, 0.1) is 11.7 Å². The third-order valence-electron chi connectivity index (χ3n) is 3.70.